The lowest BCUT2D eigenvalue weighted by Crippen LogP contribution is -2.19. The second-order valence-electron chi connectivity index (χ2n) is 4.99. The van der Waals surface area contributed by atoms with Gasteiger partial charge in [0.1, 0.15) is 0 Å². The van der Waals surface area contributed by atoms with E-state index in [4.69, 9.17) is 21.4 Å². The predicted molar refractivity (Wildman–Crippen MR) is 80.8 cm³/mol. The zero-order valence-electron chi connectivity index (χ0n) is 12.9. The number of rotatable bonds is 5. The second-order valence-corrected chi connectivity index (χ2v) is 5.43. The minimum atomic E-state index is -4.63. The van der Waals surface area contributed by atoms with Crippen LogP contribution in [0.5, 0.6) is 17.4 Å². The summed E-state index contributed by atoms with van der Waals surface area (Å²) in [5.41, 5.74) is -0.116. The number of hydrogen-bond donors (Lipinski definition) is 1. The molecule has 13 heteroatoms. The molecule has 3 heterocycles. The van der Waals surface area contributed by atoms with Crippen LogP contribution in [0.1, 0.15) is 10.6 Å². The summed E-state index contributed by atoms with van der Waals surface area (Å²) in [6.45, 7) is -1.64. The minimum Gasteiger partial charge on any atom is -0.478 e. The van der Waals surface area contributed by atoms with E-state index in [0.29, 0.717) is 0 Å². The zero-order valence-corrected chi connectivity index (χ0v) is 13.6. The highest BCUT2D eigenvalue weighted by Crippen LogP contribution is 2.33. The quantitative estimate of drug-likeness (QED) is 0.649. The molecule has 0 bridgehead atoms. The van der Waals surface area contributed by atoms with Crippen LogP contribution in [0, 0.1) is 5.82 Å². The van der Waals surface area contributed by atoms with Crippen molar-refractivity contribution in [1.82, 2.24) is 19.6 Å². The van der Waals surface area contributed by atoms with Gasteiger partial charge in [0.15, 0.2) is 29.6 Å². The van der Waals surface area contributed by atoms with Gasteiger partial charge in [-0.05, 0) is 0 Å². The summed E-state index contributed by atoms with van der Waals surface area (Å²) in [6, 6.07) is 1.85. The third-order valence-corrected chi connectivity index (χ3v) is 3.17. The monoisotopic (exact) mass is 406 g/mol. The van der Waals surface area contributed by atoms with Crippen LogP contribution in [0.15, 0.2) is 24.5 Å². The zero-order chi connectivity index (χ0) is 19.8. The maximum absolute atomic E-state index is 14.2. The van der Waals surface area contributed by atoms with Crippen LogP contribution >= 0.6 is 11.6 Å². The lowest BCUT2D eigenvalue weighted by atomic mass is 10.4. The van der Waals surface area contributed by atoms with Crippen molar-refractivity contribution in [3.63, 3.8) is 0 Å². The number of ether oxygens (including phenoxy) is 2. The normalized spacial score (nSPS) is 11.6. The molecule has 0 atom stereocenters. The highest BCUT2D eigenvalue weighted by atomic mass is 35.5. The number of nitrogens with zero attached hydrogens (tertiary/aromatic N) is 4. The summed E-state index contributed by atoms with van der Waals surface area (Å²) < 4.78 is 61.9. The first-order valence-corrected chi connectivity index (χ1v) is 7.32. The van der Waals surface area contributed by atoms with E-state index < -0.39 is 47.8 Å². The Morgan fingerprint density at radius 1 is 1.30 bits per heavy atom. The van der Waals surface area contributed by atoms with E-state index in [0.717, 1.165) is 29.0 Å². The van der Waals surface area contributed by atoms with Gasteiger partial charge in [0.25, 0.3) is 11.7 Å². The Labute approximate surface area is 151 Å². The smallest absolute Gasteiger partial charge is 0.422 e. The van der Waals surface area contributed by atoms with Crippen LogP contribution < -0.4 is 9.47 Å². The molecule has 1 N–H and O–H groups in total. The molecule has 0 aliphatic carbocycles. The number of hydrogen-bond acceptors (Lipinski definition) is 6. The van der Waals surface area contributed by atoms with Gasteiger partial charge in [0.2, 0.25) is 0 Å². The van der Waals surface area contributed by atoms with Crippen molar-refractivity contribution in [3.8, 4) is 17.4 Å². The summed E-state index contributed by atoms with van der Waals surface area (Å²) in [7, 11) is 0. The lowest BCUT2D eigenvalue weighted by Gasteiger charge is -2.13. The van der Waals surface area contributed by atoms with Crippen LogP contribution in [0.25, 0.3) is 5.65 Å². The van der Waals surface area contributed by atoms with Crippen molar-refractivity contribution in [3.05, 3.63) is 41.2 Å². The van der Waals surface area contributed by atoms with Crippen molar-refractivity contribution in [2.24, 2.45) is 0 Å². The first kappa shape index (κ1) is 18.6. The van der Waals surface area contributed by atoms with Crippen molar-refractivity contribution >= 4 is 23.2 Å². The van der Waals surface area contributed by atoms with Crippen molar-refractivity contribution in [2.45, 2.75) is 6.18 Å². The number of aromatic carboxylic acids is 1. The van der Waals surface area contributed by atoms with Crippen LogP contribution in [-0.4, -0.2) is 43.4 Å². The fourth-order valence-corrected chi connectivity index (χ4v) is 2.05. The van der Waals surface area contributed by atoms with Crippen LogP contribution in [0.2, 0.25) is 5.02 Å². The average Bonchev–Trinajstić information content (AvgIpc) is 2.97. The average molecular weight is 407 g/mol. The van der Waals surface area contributed by atoms with Gasteiger partial charge in [-0.15, -0.1) is 5.10 Å². The van der Waals surface area contributed by atoms with Gasteiger partial charge in [-0.1, -0.05) is 11.6 Å². The molecule has 3 aromatic heterocycles. The number of alkyl halides is 3. The Morgan fingerprint density at radius 2 is 2.04 bits per heavy atom. The van der Waals surface area contributed by atoms with E-state index >= 15 is 0 Å². The SMILES string of the molecule is O=C(O)c1nc2cc(F)c(Oc3ncc(Cl)cc3OCC(F)(F)F)cn2n1. The highest BCUT2D eigenvalue weighted by Gasteiger charge is 2.29. The van der Waals surface area contributed by atoms with Crippen molar-refractivity contribution < 1.29 is 36.9 Å². The van der Waals surface area contributed by atoms with Gasteiger partial charge in [-0.3, -0.25) is 0 Å². The number of pyridine rings is 2. The molecule has 0 fully saturated rings. The van der Waals surface area contributed by atoms with E-state index in [1.807, 2.05) is 0 Å². The Hall–Kier alpha value is -3.15. The Kier molecular flexibility index (Phi) is 4.74. The summed E-state index contributed by atoms with van der Waals surface area (Å²) >= 11 is 5.68. The van der Waals surface area contributed by atoms with Crippen LogP contribution in [0.3, 0.4) is 0 Å². The van der Waals surface area contributed by atoms with E-state index in [2.05, 4.69) is 19.8 Å². The molecule has 142 valence electrons. The maximum Gasteiger partial charge on any atom is 0.422 e. The molecule has 0 aliphatic rings. The molecule has 0 unspecified atom stereocenters. The fourth-order valence-electron chi connectivity index (χ4n) is 1.90. The molecule has 0 amide bonds. The van der Waals surface area contributed by atoms with Gasteiger partial charge < -0.3 is 14.6 Å². The Balaban J connectivity index is 1.94. The molecule has 0 saturated heterocycles. The Bertz CT molecular complexity index is 1020. The molecular weight excluding hydrogens is 400 g/mol. The second kappa shape index (κ2) is 6.87. The van der Waals surface area contributed by atoms with Gasteiger partial charge in [0.05, 0.1) is 11.2 Å². The molecular formula is C14H7ClF4N4O4. The number of carboxylic acid groups (broad SMARTS) is 1. The molecule has 3 rings (SSSR count). The van der Waals surface area contributed by atoms with E-state index in [-0.39, 0.29) is 10.7 Å². The number of carbonyl (C=O) groups is 1. The Morgan fingerprint density at radius 3 is 2.70 bits per heavy atom. The number of aromatic nitrogens is 4. The molecule has 0 aromatic carbocycles. The molecule has 0 aliphatic heterocycles. The minimum absolute atomic E-state index is 0.0298. The third kappa shape index (κ3) is 4.34. The third-order valence-electron chi connectivity index (χ3n) is 2.96. The molecule has 3 aromatic rings. The van der Waals surface area contributed by atoms with Gasteiger partial charge in [-0.2, -0.15) is 13.2 Å². The maximum atomic E-state index is 14.2. The fraction of sp³-hybridized carbons (Fsp3) is 0.143. The van der Waals surface area contributed by atoms with Crippen LogP contribution in [0.4, 0.5) is 17.6 Å². The number of fused-ring (bicyclic) bond motifs is 1. The first-order valence-electron chi connectivity index (χ1n) is 6.94. The number of carboxylic acids is 1. The van der Waals surface area contributed by atoms with Crippen molar-refractivity contribution in [2.75, 3.05) is 6.61 Å². The van der Waals surface area contributed by atoms with Gasteiger partial charge in [0, 0.05) is 18.3 Å². The summed E-state index contributed by atoms with van der Waals surface area (Å²) in [5, 5.41) is 12.4. The van der Waals surface area contributed by atoms with Crippen molar-refractivity contribution in [1.29, 1.82) is 0 Å². The first-order chi connectivity index (χ1) is 12.6. The highest BCUT2D eigenvalue weighted by molar-refractivity contribution is 6.30. The molecule has 8 nitrogen and oxygen atoms in total. The van der Waals surface area contributed by atoms with Crippen LogP contribution in [-0.2, 0) is 0 Å². The number of halogens is 5. The van der Waals surface area contributed by atoms with Gasteiger partial charge in [-0.25, -0.2) is 23.7 Å². The summed E-state index contributed by atoms with van der Waals surface area (Å²) in [5.74, 6) is -4.44. The molecule has 0 saturated carbocycles. The van der Waals surface area contributed by atoms with E-state index in [1.54, 1.807) is 0 Å². The lowest BCUT2D eigenvalue weighted by molar-refractivity contribution is -0.153. The standard InChI is InChI=1S/C14H7ClF4N4O4/c15-6-1-8(26-5-14(17,18)19)12(20-3-6)27-9-4-23-10(2-7(9)16)21-11(22-23)13(24)25/h1-4H,5H2,(H,24,25). The molecule has 0 spiro atoms. The predicted octanol–water partition coefficient (Wildman–Crippen LogP) is 3.35. The topological polar surface area (TPSA) is 98.8 Å². The summed E-state index contributed by atoms with van der Waals surface area (Å²) in [4.78, 5) is 18.1. The van der Waals surface area contributed by atoms with E-state index in [1.165, 1.54) is 0 Å². The summed E-state index contributed by atoms with van der Waals surface area (Å²) in [6.07, 6.45) is -2.61. The van der Waals surface area contributed by atoms with E-state index in [9.17, 15) is 22.4 Å². The molecule has 27 heavy (non-hydrogen) atoms. The largest absolute Gasteiger partial charge is 0.478 e. The molecule has 0 radical (unpaired) electrons. The van der Waals surface area contributed by atoms with Gasteiger partial charge >= 0.3 is 12.1 Å².